The standard InChI is InChI=1S/C20H23N3O6S/c1-12-6-5-7-14(8-12)29-11-17(24)21-20(30)23-22-19(25)13-9-15(26-2)18(28-4)16(10-13)27-3/h5-10H,11H2,1-4H3,(H,22,25)(H2,21,23,24,30). The highest BCUT2D eigenvalue weighted by Crippen LogP contribution is 2.38. The molecule has 2 amide bonds. The maximum absolute atomic E-state index is 12.4. The first-order chi connectivity index (χ1) is 14.4. The second kappa shape index (κ2) is 10.9. The van der Waals surface area contributed by atoms with E-state index in [9.17, 15) is 9.59 Å². The van der Waals surface area contributed by atoms with Crippen molar-refractivity contribution < 1.29 is 28.5 Å². The fourth-order valence-corrected chi connectivity index (χ4v) is 2.61. The number of ether oxygens (including phenoxy) is 4. The summed E-state index contributed by atoms with van der Waals surface area (Å²) in [6.07, 6.45) is 0. The Balaban J connectivity index is 1.88. The summed E-state index contributed by atoms with van der Waals surface area (Å²) in [5.74, 6) is 0.580. The summed E-state index contributed by atoms with van der Waals surface area (Å²) in [6.45, 7) is 1.69. The number of carbonyl (C=O) groups is 2. The zero-order valence-electron chi connectivity index (χ0n) is 17.0. The summed E-state index contributed by atoms with van der Waals surface area (Å²) in [5, 5.41) is 2.32. The van der Waals surface area contributed by atoms with Crippen LogP contribution >= 0.6 is 12.2 Å². The molecule has 0 fully saturated rings. The fourth-order valence-electron chi connectivity index (χ4n) is 2.45. The Hall–Kier alpha value is -3.53. The van der Waals surface area contributed by atoms with Crippen molar-refractivity contribution in [2.45, 2.75) is 6.92 Å². The molecule has 0 aliphatic rings. The van der Waals surface area contributed by atoms with Gasteiger partial charge in [-0.1, -0.05) is 12.1 Å². The molecule has 2 aromatic carbocycles. The number of hydrogen-bond acceptors (Lipinski definition) is 7. The fraction of sp³-hybridized carbons (Fsp3) is 0.250. The molecular weight excluding hydrogens is 410 g/mol. The predicted octanol–water partition coefficient (Wildman–Crippen LogP) is 1.74. The van der Waals surface area contributed by atoms with Crippen molar-refractivity contribution in [2.75, 3.05) is 27.9 Å². The van der Waals surface area contributed by atoms with Gasteiger partial charge in [0.05, 0.1) is 21.3 Å². The summed E-state index contributed by atoms with van der Waals surface area (Å²) >= 11 is 5.00. The van der Waals surface area contributed by atoms with Crippen molar-refractivity contribution in [1.29, 1.82) is 0 Å². The van der Waals surface area contributed by atoms with E-state index < -0.39 is 11.8 Å². The number of amides is 2. The highest BCUT2D eigenvalue weighted by Gasteiger charge is 2.17. The Bertz CT molecular complexity index is 910. The van der Waals surface area contributed by atoms with Gasteiger partial charge >= 0.3 is 0 Å². The van der Waals surface area contributed by atoms with Gasteiger partial charge in [-0.05, 0) is 49.0 Å². The molecule has 0 atom stereocenters. The summed E-state index contributed by atoms with van der Waals surface area (Å²) in [6, 6.07) is 10.3. The monoisotopic (exact) mass is 433 g/mol. The highest BCUT2D eigenvalue weighted by atomic mass is 32.1. The molecule has 30 heavy (non-hydrogen) atoms. The first kappa shape index (κ1) is 22.8. The lowest BCUT2D eigenvalue weighted by atomic mass is 10.1. The second-order valence-electron chi connectivity index (χ2n) is 5.98. The van der Waals surface area contributed by atoms with E-state index >= 15 is 0 Å². The van der Waals surface area contributed by atoms with Gasteiger partial charge in [-0.25, -0.2) is 0 Å². The van der Waals surface area contributed by atoms with Crippen LogP contribution < -0.4 is 35.1 Å². The van der Waals surface area contributed by atoms with E-state index in [0.717, 1.165) is 5.56 Å². The largest absolute Gasteiger partial charge is 0.493 e. The molecule has 9 nitrogen and oxygen atoms in total. The van der Waals surface area contributed by atoms with Crippen molar-refractivity contribution in [2.24, 2.45) is 0 Å². The Kier molecular flexibility index (Phi) is 8.24. The van der Waals surface area contributed by atoms with E-state index in [-0.39, 0.29) is 17.3 Å². The van der Waals surface area contributed by atoms with Crippen molar-refractivity contribution >= 4 is 29.1 Å². The molecule has 0 heterocycles. The van der Waals surface area contributed by atoms with Crippen LogP contribution in [0.5, 0.6) is 23.0 Å². The third-order valence-corrected chi connectivity index (χ3v) is 4.03. The minimum Gasteiger partial charge on any atom is -0.493 e. The molecule has 0 aromatic heterocycles. The first-order valence-corrected chi connectivity index (χ1v) is 9.18. The second-order valence-corrected chi connectivity index (χ2v) is 6.38. The molecular formula is C20H23N3O6S. The number of hydrogen-bond donors (Lipinski definition) is 3. The maximum atomic E-state index is 12.4. The van der Waals surface area contributed by atoms with Gasteiger partial charge in [-0.2, -0.15) is 0 Å². The molecule has 0 spiro atoms. The summed E-state index contributed by atoms with van der Waals surface area (Å²) in [7, 11) is 4.35. The third-order valence-electron chi connectivity index (χ3n) is 3.83. The van der Waals surface area contributed by atoms with Gasteiger partial charge in [0.2, 0.25) is 5.75 Å². The van der Waals surface area contributed by atoms with E-state index in [1.54, 1.807) is 6.07 Å². The Labute approximate surface area is 179 Å². The average molecular weight is 433 g/mol. The van der Waals surface area contributed by atoms with Crippen LogP contribution in [0.15, 0.2) is 36.4 Å². The molecule has 3 N–H and O–H groups in total. The lowest BCUT2D eigenvalue weighted by Crippen LogP contribution is -2.49. The predicted molar refractivity (Wildman–Crippen MR) is 114 cm³/mol. The van der Waals surface area contributed by atoms with Crippen LogP contribution in [0.2, 0.25) is 0 Å². The Morgan fingerprint density at radius 2 is 1.63 bits per heavy atom. The molecule has 2 aromatic rings. The Morgan fingerprint density at radius 1 is 0.967 bits per heavy atom. The normalized spacial score (nSPS) is 9.87. The number of nitrogens with one attached hydrogen (secondary N) is 3. The number of carbonyl (C=O) groups excluding carboxylic acids is 2. The smallest absolute Gasteiger partial charge is 0.269 e. The number of rotatable bonds is 7. The minimum atomic E-state index is -0.526. The van der Waals surface area contributed by atoms with Crippen LogP contribution in [0.1, 0.15) is 15.9 Å². The topological polar surface area (TPSA) is 107 Å². The van der Waals surface area contributed by atoms with Crippen LogP contribution in [0.4, 0.5) is 0 Å². The molecule has 10 heteroatoms. The van der Waals surface area contributed by atoms with Gasteiger partial charge in [-0.3, -0.25) is 25.8 Å². The molecule has 0 bridgehead atoms. The Morgan fingerprint density at radius 3 is 2.20 bits per heavy atom. The molecule has 0 unspecified atom stereocenters. The highest BCUT2D eigenvalue weighted by molar-refractivity contribution is 7.80. The zero-order chi connectivity index (χ0) is 22.1. The lowest BCUT2D eigenvalue weighted by molar-refractivity contribution is -0.121. The van der Waals surface area contributed by atoms with E-state index in [1.807, 2.05) is 25.1 Å². The summed E-state index contributed by atoms with van der Waals surface area (Å²) in [4.78, 5) is 24.3. The van der Waals surface area contributed by atoms with Gasteiger partial charge in [0.25, 0.3) is 11.8 Å². The number of hydrazine groups is 1. The third kappa shape index (κ3) is 6.24. The number of methoxy groups -OCH3 is 3. The van der Waals surface area contributed by atoms with E-state index in [2.05, 4.69) is 16.2 Å². The van der Waals surface area contributed by atoms with Gasteiger partial charge < -0.3 is 18.9 Å². The molecule has 2 rings (SSSR count). The summed E-state index contributed by atoms with van der Waals surface area (Å²) in [5.41, 5.74) is 6.09. The van der Waals surface area contributed by atoms with Crippen LogP contribution in [-0.4, -0.2) is 44.9 Å². The summed E-state index contributed by atoms with van der Waals surface area (Å²) < 4.78 is 21.0. The van der Waals surface area contributed by atoms with Crippen LogP contribution in [0.3, 0.4) is 0 Å². The molecule has 0 saturated heterocycles. The van der Waals surface area contributed by atoms with E-state index in [0.29, 0.717) is 23.0 Å². The van der Waals surface area contributed by atoms with Crippen LogP contribution in [0.25, 0.3) is 0 Å². The lowest BCUT2D eigenvalue weighted by Gasteiger charge is -2.15. The maximum Gasteiger partial charge on any atom is 0.269 e. The minimum absolute atomic E-state index is 0.0892. The zero-order valence-corrected chi connectivity index (χ0v) is 17.8. The van der Waals surface area contributed by atoms with Crippen molar-refractivity contribution in [1.82, 2.24) is 16.2 Å². The number of aryl methyl sites for hydroxylation is 1. The van der Waals surface area contributed by atoms with Crippen molar-refractivity contribution in [3.05, 3.63) is 47.5 Å². The quantitative estimate of drug-likeness (QED) is 0.448. The SMILES string of the molecule is COc1cc(C(=O)NNC(=S)NC(=O)COc2cccc(C)c2)cc(OC)c1OC. The molecule has 0 radical (unpaired) electrons. The van der Waals surface area contributed by atoms with Gasteiger partial charge in [0, 0.05) is 5.56 Å². The van der Waals surface area contributed by atoms with Crippen molar-refractivity contribution in [3.8, 4) is 23.0 Å². The molecule has 160 valence electrons. The van der Waals surface area contributed by atoms with Gasteiger partial charge in [-0.15, -0.1) is 0 Å². The van der Waals surface area contributed by atoms with Crippen LogP contribution in [-0.2, 0) is 4.79 Å². The van der Waals surface area contributed by atoms with Crippen LogP contribution in [0, 0.1) is 6.92 Å². The molecule has 0 aliphatic carbocycles. The molecule has 0 aliphatic heterocycles. The average Bonchev–Trinajstić information content (AvgIpc) is 2.74. The molecule has 0 saturated carbocycles. The van der Waals surface area contributed by atoms with Crippen molar-refractivity contribution in [3.63, 3.8) is 0 Å². The number of thiocarbonyl (C=S) groups is 1. The first-order valence-electron chi connectivity index (χ1n) is 8.77. The van der Waals surface area contributed by atoms with Gasteiger partial charge in [0.1, 0.15) is 5.75 Å². The number of benzene rings is 2. The van der Waals surface area contributed by atoms with Gasteiger partial charge in [0.15, 0.2) is 23.2 Å². The van der Waals surface area contributed by atoms with E-state index in [4.69, 9.17) is 31.2 Å². The van der Waals surface area contributed by atoms with E-state index in [1.165, 1.54) is 33.5 Å².